The van der Waals surface area contributed by atoms with E-state index in [-0.39, 0.29) is 6.61 Å². The maximum absolute atomic E-state index is 11.4. The second-order valence-electron chi connectivity index (χ2n) is 4.19. The zero-order valence-electron chi connectivity index (χ0n) is 11.0. The van der Waals surface area contributed by atoms with E-state index in [1.165, 1.54) is 5.56 Å². The topological polar surface area (TPSA) is 60.8 Å². The van der Waals surface area contributed by atoms with E-state index in [9.17, 15) is 9.90 Å². The van der Waals surface area contributed by atoms with E-state index >= 15 is 0 Å². The first-order chi connectivity index (χ1) is 8.63. The van der Waals surface area contributed by atoms with Crippen molar-refractivity contribution in [1.82, 2.24) is 4.90 Å². The minimum atomic E-state index is -0.880. The zero-order chi connectivity index (χ0) is 13.5. The molecule has 18 heavy (non-hydrogen) atoms. The van der Waals surface area contributed by atoms with Crippen LogP contribution in [0.1, 0.15) is 31.0 Å². The Kier molecular flexibility index (Phi) is 5.82. The second-order valence-corrected chi connectivity index (χ2v) is 4.19. The molecule has 0 heterocycles. The largest absolute Gasteiger partial charge is 0.480 e. The van der Waals surface area contributed by atoms with Gasteiger partial charge in [0.15, 0.2) is 0 Å². The smallest absolute Gasteiger partial charge is 0.325 e. The van der Waals surface area contributed by atoms with Crippen molar-refractivity contribution in [2.75, 3.05) is 19.7 Å². The molecule has 0 saturated carbocycles. The van der Waals surface area contributed by atoms with Gasteiger partial charge in [0.05, 0.1) is 6.61 Å². The number of carboxylic acids is 1. The molecule has 0 bridgehead atoms. The number of rotatable bonds is 7. The average Bonchev–Trinajstić information content (AvgIpc) is 2.38. The number of aliphatic carboxylic acids is 1. The van der Waals surface area contributed by atoms with E-state index in [1.54, 1.807) is 4.90 Å². The molecule has 4 heteroatoms. The summed E-state index contributed by atoms with van der Waals surface area (Å²) in [6.07, 6.45) is 0.937. The Balaban J connectivity index is 2.98. The summed E-state index contributed by atoms with van der Waals surface area (Å²) in [5.41, 5.74) is 1.95. The van der Waals surface area contributed by atoms with Crippen LogP contribution in [0.2, 0.25) is 0 Å². The van der Waals surface area contributed by atoms with E-state index in [0.29, 0.717) is 13.1 Å². The van der Waals surface area contributed by atoms with Gasteiger partial charge in [-0.3, -0.25) is 9.69 Å². The molecule has 4 nitrogen and oxygen atoms in total. The molecule has 0 amide bonds. The predicted molar refractivity (Wildman–Crippen MR) is 70.5 cm³/mol. The van der Waals surface area contributed by atoms with Gasteiger partial charge in [-0.25, -0.2) is 0 Å². The summed E-state index contributed by atoms with van der Waals surface area (Å²) < 4.78 is 0. The molecule has 1 unspecified atom stereocenters. The Morgan fingerprint density at radius 2 is 1.89 bits per heavy atom. The number of aryl methyl sites for hydroxylation is 1. The third kappa shape index (κ3) is 3.55. The first-order valence-corrected chi connectivity index (χ1v) is 6.30. The standard InChI is InChI=1S/C14H21NO3/c1-3-11-5-7-12(8-6-11)13(14(17)18)15(4-2)9-10-16/h5-8,13,16H,3-4,9-10H2,1-2H3,(H,17,18). The van der Waals surface area contributed by atoms with Crippen LogP contribution >= 0.6 is 0 Å². The summed E-state index contributed by atoms with van der Waals surface area (Å²) in [7, 11) is 0. The summed E-state index contributed by atoms with van der Waals surface area (Å²) in [6.45, 7) is 4.88. The SMILES string of the molecule is CCc1ccc(C(C(=O)O)N(CC)CCO)cc1. The highest BCUT2D eigenvalue weighted by Gasteiger charge is 2.25. The molecule has 0 fully saturated rings. The normalized spacial score (nSPS) is 12.7. The van der Waals surface area contributed by atoms with E-state index in [1.807, 2.05) is 31.2 Å². The summed E-state index contributed by atoms with van der Waals surface area (Å²) in [6, 6.07) is 6.94. The van der Waals surface area contributed by atoms with Crippen LogP contribution in [0.15, 0.2) is 24.3 Å². The van der Waals surface area contributed by atoms with Crippen molar-refractivity contribution in [2.24, 2.45) is 0 Å². The highest BCUT2D eigenvalue weighted by molar-refractivity contribution is 5.75. The van der Waals surface area contributed by atoms with Crippen LogP contribution in [0.4, 0.5) is 0 Å². The van der Waals surface area contributed by atoms with Crippen molar-refractivity contribution in [3.63, 3.8) is 0 Å². The van der Waals surface area contributed by atoms with E-state index in [2.05, 4.69) is 6.92 Å². The Bertz CT molecular complexity index is 375. The molecule has 0 saturated heterocycles. The molecule has 1 aromatic rings. The molecule has 1 atom stereocenters. The summed E-state index contributed by atoms with van der Waals surface area (Å²) in [4.78, 5) is 13.2. The van der Waals surface area contributed by atoms with Crippen molar-refractivity contribution in [1.29, 1.82) is 0 Å². The van der Waals surface area contributed by atoms with Crippen molar-refractivity contribution in [2.45, 2.75) is 26.3 Å². The molecular formula is C14H21NO3. The Morgan fingerprint density at radius 1 is 1.28 bits per heavy atom. The number of hydrogen-bond donors (Lipinski definition) is 2. The van der Waals surface area contributed by atoms with Crippen LogP contribution < -0.4 is 0 Å². The van der Waals surface area contributed by atoms with Gasteiger partial charge in [-0.1, -0.05) is 38.1 Å². The van der Waals surface area contributed by atoms with Crippen LogP contribution in [0.25, 0.3) is 0 Å². The van der Waals surface area contributed by atoms with Gasteiger partial charge in [0.1, 0.15) is 6.04 Å². The minimum absolute atomic E-state index is 0.0370. The lowest BCUT2D eigenvalue weighted by Gasteiger charge is -2.27. The molecule has 0 aliphatic heterocycles. The summed E-state index contributed by atoms with van der Waals surface area (Å²) in [5.74, 6) is -0.880. The van der Waals surface area contributed by atoms with Crippen LogP contribution in [-0.2, 0) is 11.2 Å². The molecule has 0 aliphatic rings. The van der Waals surface area contributed by atoms with E-state index < -0.39 is 12.0 Å². The number of benzene rings is 1. The maximum atomic E-state index is 11.4. The van der Waals surface area contributed by atoms with Crippen molar-refractivity contribution < 1.29 is 15.0 Å². The lowest BCUT2D eigenvalue weighted by Crippen LogP contribution is -2.36. The third-order valence-electron chi connectivity index (χ3n) is 3.10. The van der Waals surface area contributed by atoms with Crippen molar-refractivity contribution in [3.8, 4) is 0 Å². The molecule has 1 aromatic carbocycles. The first kappa shape index (κ1) is 14.7. The van der Waals surface area contributed by atoms with Crippen LogP contribution in [0.5, 0.6) is 0 Å². The fourth-order valence-electron chi connectivity index (χ4n) is 2.04. The minimum Gasteiger partial charge on any atom is -0.480 e. The van der Waals surface area contributed by atoms with Gasteiger partial charge in [0.2, 0.25) is 0 Å². The van der Waals surface area contributed by atoms with Gasteiger partial charge in [-0.05, 0) is 24.1 Å². The average molecular weight is 251 g/mol. The number of carboxylic acid groups (broad SMARTS) is 1. The highest BCUT2D eigenvalue weighted by Crippen LogP contribution is 2.21. The van der Waals surface area contributed by atoms with Gasteiger partial charge >= 0.3 is 5.97 Å². The second kappa shape index (κ2) is 7.13. The van der Waals surface area contributed by atoms with Gasteiger partial charge in [0.25, 0.3) is 0 Å². The van der Waals surface area contributed by atoms with Gasteiger partial charge in [0, 0.05) is 6.54 Å². The van der Waals surface area contributed by atoms with Crippen molar-refractivity contribution >= 4 is 5.97 Å². The molecule has 0 aromatic heterocycles. The van der Waals surface area contributed by atoms with Gasteiger partial charge in [-0.15, -0.1) is 0 Å². The van der Waals surface area contributed by atoms with E-state index in [0.717, 1.165) is 12.0 Å². The zero-order valence-corrected chi connectivity index (χ0v) is 11.0. The Labute approximate surface area is 108 Å². The quantitative estimate of drug-likeness (QED) is 0.774. The number of nitrogens with zero attached hydrogens (tertiary/aromatic N) is 1. The number of carbonyl (C=O) groups is 1. The third-order valence-corrected chi connectivity index (χ3v) is 3.10. The van der Waals surface area contributed by atoms with E-state index in [4.69, 9.17) is 5.11 Å². The lowest BCUT2D eigenvalue weighted by molar-refractivity contribution is -0.143. The summed E-state index contributed by atoms with van der Waals surface area (Å²) in [5, 5.41) is 18.4. The predicted octanol–water partition coefficient (Wildman–Crippen LogP) is 1.69. The summed E-state index contributed by atoms with van der Waals surface area (Å²) >= 11 is 0. The molecule has 100 valence electrons. The molecule has 2 N–H and O–H groups in total. The first-order valence-electron chi connectivity index (χ1n) is 6.30. The Morgan fingerprint density at radius 3 is 2.28 bits per heavy atom. The maximum Gasteiger partial charge on any atom is 0.325 e. The monoisotopic (exact) mass is 251 g/mol. The van der Waals surface area contributed by atoms with Crippen LogP contribution in [0, 0.1) is 0 Å². The fraction of sp³-hybridized carbons (Fsp3) is 0.500. The molecule has 0 radical (unpaired) electrons. The van der Waals surface area contributed by atoms with Crippen molar-refractivity contribution in [3.05, 3.63) is 35.4 Å². The van der Waals surface area contributed by atoms with Crippen LogP contribution in [0.3, 0.4) is 0 Å². The molecule has 1 rings (SSSR count). The fourth-order valence-corrected chi connectivity index (χ4v) is 2.04. The molecular weight excluding hydrogens is 230 g/mol. The number of aliphatic hydroxyl groups excluding tert-OH is 1. The number of likely N-dealkylation sites (N-methyl/N-ethyl adjacent to an activating group) is 1. The highest BCUT2D eigenvalue weighted by atomic mass is 16.4. The van der Waals surface area contributed by atoms with Gasteiger partial charge < -0.3 is 10.2 Å². The lowest BCUT2D eigenvalue weighted by atomic mass is 10.0. The molecule has 0 aliphatic carbocycles. The Hall–Kier alpha value is -1.39. The molecule has 0 spiro atoms. The van der Waals surface area contributed by atoms with Gasteiger partial charge in [-0.2, -0.15) is 0 Å². The number of hydrogen-bond acceptors (Lipinski definition) is 3. The number of aliphatic hydroxyl groups is 1. The van der Waals surface area contributed by atoms with Crippen LogP contribution in [-0.4, -0.2) is 40.8 Å².